The zero-order valence-electron chi connectivity index (χ0n) is 11.2. The van der Waals surface area contributed by atoms with Crippen molar-refractivity contribution >= 4 is 5.97 Å². The van der Waals surface area contributed by atoms with E-state index in [4.69, 9.17) is 0 Å². The molecule has 0 aliphatic carbocycles. The van der Waals surface area contributed by atoms with Gasteiger partial charge in [0.15, 0.2) is 0 Å². The second-order valence-corrected chi connectivity index (χ2v) is 4.35. The van der Waals surface area contributed by atoms with Gasteiger partial charge in [-0.2, -0.15) is 0 Å². The summed E-state index contributed by atoms with van der Waals surface area (Å²) in [4.78, 5) is 13.5. The molecular formula is C13H18F2N2O2. The van der Waals surface area contributed by atoms with E-state index in [-0.39, 0.29) is 5.56 Å². The molecule has 106 valence electrons. The summed E-state index contributed by atoms with van der Waals surface area (Å²) < 4.78 is 32.0. The van der Waals surface area contributed by atoms with Crippen molar-refractivity contribution in [3.8, 4) is 0 Å². The first kappa shape index (κ1) is 15.5. The largest absolute Gasteiger partial charge is 0.468 e. The van der Waals surface area contributed by atoms with E-state index >= 15 is 0 Å². The van der Waals surface area contributed by atoms with Gasteiger partial charge < -0.3 is 9.64 Å². The predicted octanol–water partition coefficient (Wildman–Crippen LogP) is 1.33. The lowest BCUT2D eigenvalue weighted by molar-refractivity contribution is -0.143. The summed E-state index contributed by atoms with van der Waals surface area (Å²) in [5.74, 6) is -2.26. The Morgan fingerprint density at radius 3 is 2.42 bits per heavy atom. The third kappa shape index (κ3) is 4.25. The molecule has 6 heteroatoms. The average Bonchev–Trinajstić information content (AvgIpc) is 2.35. The number of nitrogens with zero attached hydrogens (tertiary/aromatic N) is 1. The van der Waals surface area contributed by atoms with E-state index in [1.54, 1.807) is 0 Å². The minimum Gasteiger partial charge on any atom is -0.468 e. The highest BCUT2D eigenvalue weighted by molar-refractivity contribution is 5.77. The molecule has 1 N–H and O–H groups in total. The van der Waals surface area contributed by atoms with E-state index < -0.39 is 23.6 Å². The van der Waals surface area contributed by atoms with Crippen LogP contribution in [0.25, 0.3) is 0 Å². The summed E-state index contributed by atoms with van der Waals surface area (Å²) in [6, 6.07) is 2.33. The van der Waals surface area contributed by atoms with Crippen molar-refractivity contribution in [2.24, 2.45) is 0 Å². The normalized spacial score (nSPS) is 12.5. The van der Waals surface area contributed by atoms with Gasteiger partial charge in [0.05, 0.1) is 12.7 Å². The predicted molar refractivity (Wildman–Crippen MR) is 67.7 cm³/mol. The van der Waals surface area contributed by atoms with Crippen LogP contribution >= 0.6 is 0 Å². The maximum Gasteiger partial charge on any atom is 0.327 e. The van der Waals surface area contributed by atoms with Crippen LogP contribution in [0.2, 0.25) is 0 Å². The van der Waals surface area contributed by atoms with Crippen LogP contribution < -0.4 is 5.32 Å². The van der Waals surface area contributed by atoms with Crippen LogP contribution in [-0.2, 0) is 9.53 Å². The van der Waals surface area contributed by atoms with Gasteiger partial charge in [0.25, 0.3) is 0 Å². The van der Waals surface area contributed by atoms with Gasteiger partial charge in [0, 0.05) is 13.1 Å². The van der Waals surface area contributed by atoms with Crippen molar-refractivity contribution in [1.82, 2.24) is 10.2 Å². The molecule has 1 unspecified atom stereocenters. The summed E-state index contributed by atoms with van der Waals surface area (Å²) in [5, 5.41) is 2.80. The number of halogens is 2. The van der Waals surface area contributed by atoms with Crippen molar-refractivity contribution in [3.63, 3.8) is 0 Å². The zero-order valence-corrected chi connectivity index (χ0v) is 11.2. The number of rotatable bonds is 6. The summed E-state index contributed by atoms with van der Waals surface area (Å²) in [7, 11) is 4.90. The number of likely N-dealkylation sites (N-methyl/N-ethyl adjacent to an activating group) is 1. The van der Waals surface area contributed by atoms with Crippen LogP contribution in [-0.4, -0.2) is 45.2 Å². The minimum absolute atomic E-state index is 0.312. The quantitative estimate of drug-likeness (QED) is 0.793. The molecular weight excluding hydrogens is 254 g/mol. The third-order valence-corrected chi connectivity index (χ3v) is 2.63. The summed E-state index contributed by atoms with van der Waals surface area (Å²) in [5.41, 5.74) is -0.312. The molecule has 1 aromatic carbocycles. The van der Waals surface area contributed by atoms with Gasteiger partial charge in [-0.25, -0.2) is 13.6 Å². The Bertz CT molecular complexity index is 418. The molecule has 19 heavy (non-hydrogen) atoms. The van der Waals surface area contributed by atoms with Crippen LogP contribution in [0.3, 0.4) is 0 Å². The Labute approximate surface area is 111 Å². The molecule has 0 saturated heterocycles. The van der Waals surface area contributed by atoms with Crippen LogP contribution in [0.1, 0.15) is 11.6 Å². The fourth-order valence-electron chi connectivity index (χ4n) is 1.64. The lowest BCUT2D eigenvalue weighted by Crippen LogP contribution is -2.35. The number of benzene rings is 1. The van der Waals surface area contributed by atoms with Crippen molar-refractivity contribution in [3.05, 3.63) is 35.4 Å². The Morgan fingerprint density at radius 1 is 1.37 bits per heavy atom. The first-order chi connectivity index (χ1) is 8.97. The molecule has 0 bridgehead atoms. The smallest absolute Gasteiger partial charge is 0.327 e. The van der Waals surface area contributed by atoms with Crippen LogP contribution in [0.4, 0.5) is 8.78 Å². The second-order valence-electron chi connectivity index (χ2n) is 4.35. The highest BCUT2D eigenvalue weighted by atomic mass is 19.1. The Kier molecular flexibility index (Phi) is 5.85. The molecule has 1 atom stereocenters. The molecule has 0 saturated carbocycles. The van der Waals surface area contributed by atoms with Gasteiger partial charge in [-0.3, -0.25) is 5.32 Å². The summed E-state index contributed by atoms with van der Waals surface area (Å²) >= 11 is 0. The van der Waals surface area contributed by atoms with E-state index in [0.29, 0.717) is 13.1 Å². The van der Waals surface area contributed by atoms with Crippen LogP contribution in [0, 0.1) is 11.6 Å². The van der Waals surface area contributed by atoms with Crippen molar-refractivity contribution < 1.29 is 18.3 Å². The number of ether oxygens (including phenoxy) is 1. The lowest BCUT2D eigenvalue weighted by atomic mass is 10.1. The Morgan fingerprint density at radius 2 is 1.95 bits per heavy atom. The monoisotopic (exact) mass is 272 g/mol. The SMILES string of the molecule is COC(=O)C(NCCN(C)C)c1c(F)cccc1F. The van der Waals surface area contributed by atoms with Gasteiger partial charge in [-0.1, -0.05) is 6.07 Å². The zero-order chi connectivity index (χ0) is 14.4. The molecule has 0 spiro atoms. The van der Waals surface area contributed by atoms with Gasteiger partial charge in [-0.15, -0.1) is 0 Å². The van der Waals surface area contributed by atoms with E-state index in [1.165, 1.54) is 13.2 Å². The molecule has 0 amide bonds. The van der Waals surface area contributed by atoms with Crippen LogP contribution in [0.15, 0.2) is 18.2 Å². The Hall–Kier alpha value is -1.53. The van der Waals surface area contributed by atoms with Crippen molar-refractivity contribution in [2.45, 2.75) is 6.04 Å². The van der Waals surface area contributed by atoms with E-state index in [1.807, 2.05) is 19.0 Å². The van der Waals surface area contributed by atoms with Gasteiger partial charge in [-0.05, 0) is 26.2 Å². The number of hydrogen-bond donors (Lipinski definition) is 1. The van der Waals surface area contributed by atoms with Gasteiger partial charge in [0.1, 0.15) is 17.7 Å². The number of carbonyl (C=O) groups excluding carboxylic acids is 1. The molecule has 1 aromatic rings. The van der Waals surface area contributed by atoms with E-state index in [9.17, 15) is 13.6 Å². The van der Waals surface area contributed by atoms with Crippen molar-refractivity contribution in [1.29, 1.82) is 0 Å². The maximum absolute atomic E-state index is 13.7. The number of nitrogens with one attached hydrogen (secondary N) is 1. The first-order valence-electron chi connectivity index (χ1n) is 5.87. The van der Waals surface area contributed by atoms with Crippen molar-refractivity contribution in [2.75, 3.05) is 34.3 Å². The van der Waals surface area contributed by atoms with E-state index in [2.05, 4.69) is 10.1 Å². The molecule has 0 radical (unpaired) electrons. The fraction of sp³-hybridized carbons (Fsp3) is 0.462. The summed E-state index contributed by atoms with van der Waals surface area (Å²) in [6.07, 6.45) is 0. The molecule has 0 fully saturated rings. The average molecular weight is 272 g/mol. The number of hydrogen-bond acceptors (Lipinski definition) is 4. The topological polar surface area (TPSA) is 41.6 Å². The molecule has 0 aromatic heterocycles. The second kappa shape index (κ2) is 7.16. The van der Waals surface area contributed by atoms with Crippen LogP contribution in [0.5, 0.6) is 0 Å². The van der Waals surface area contributed by atoms with Gasteiger partial charge in [0.2, 0.25) is 0 Å². The number of esters is 1. The highest BCUT2D eigenvalue weighted by Gasteiger charge is 2.27. The Balaban J connectivity index is 2.93. The number of carbonyl (C=O) groups is 1. The highest BCUT2D eigenvalue weighted by Crippen LogP contribution is 2.21. The van der Waals surface area contributed by atoms with E-state index in [0.717, 1.165) is 12.1 Å². The molecule has 0 aliphatic rings. The maximum atomic E-state index is 13.7. The van der Waals surface area contributed by atoms with Gasteiger partial charge >= 0.3 is 5.97 Å². The molecule has 0 heterocycles. The molecule has 4 nitrogen and oxygen atoms in total. The molecule has 1 rings (SSSR count). The third-order valence-electron chi connectivity index (χ3n) is 2.63. The first-order valence-corrected chi connectivity index (χ1v) is 5.87. The standard InChI is InChI=1S/C13H18F2N2O2/c1-17(2)8-7-16-12(13(18)19-3)11-9(14)5-4-6-10(11)15/h4-6,12,16H,7-8H2,1-3H3. The lowest BCUT2D eigenvalue weighted by Gasteiger charge is -2.19. The molecule has 0 aliphatic heterocycles. The fourth-order valence-corrected chi connectivity index (χ4v) is 1.64. The summed E-state index contributed by atoms with van der Waals surface area (Å²) in [6.45, 7) is 1.03. The minimum atomic E-state index is -1.15. The number of methoxy groups -OCH3 is 1.